The van der Waals surface area contributed by atoms with Crippen molar-refractivity contribution in [1.82, 2.24) is 14.7 Å². The number of piperidine rings is 2. The quantitative estimate of drug-likeness (QED) is 0.487. The monoisotopic (exact) mass is 543 g/mol. The van der Waals surface area contributed by atoms with Crippen molar-refractivity contribution in [2.75, 3.05) is 46.5 Å². The molecule has 0 N–H and O–H groups in total. The van der Waals surface area contributed by atoms with Crippen molar-refractivity contribution in [3.8, 4) is 5.75 Å². The van der Waals surface area contributed by atoms with Crippen molar-refractivity contribution >= 4 is 23.7 Å². The van der Waals surface area contributed by atoms with E-state index in [1.54, 1.807) is 48.1 Å². The minimum Gasteiger partial charge on any atom is -0.497 e. The third-order valence-corrected chi connectivity index (χ3v) is 8.01. The second kappa shape index (κ2) is 12.4. The van der Waals surface area contributed by atoms with Crippen molar-refractivity contribution in [3.05, 3.63) is 29.8 Å². The van der Waals surface area contributed by atoms with E-state index >= 15 is 0 Å². The summed E-state index contributed by atoms with van der Waals surface area (Å²) in [5.41, 5.74) is -0.521. The molecule has 1 aromatic rings. The summed E-state index contributed by atoms with van der Waals surface area (Å²) < 4.78 is 16.7. The van der Waals surface area contributed by atoms with E-state index in [1.807, 2.05) is 18.7 Å². The average Bonchev–Trinajstić information content (AvgIpc) is 3.30. The van der Waals surface area contributed by atoms with Crippen LogP contribution >= 0.6 is 0 Å². The van der Waals surface area contributed by atoms with Crippen LogP contribution in [-0.4, -0.2) is 96.7 Å². The van der Waals surface area contributed by atoms with Gasteiger partial charge in [-0.1, -0.05) is 13.8 Å². The molecule has 39 heavy (non-hydrogen) atoms. The summed E-state index contributed by atoms with van der Waals surface area (Å²) in [6.07, 6.45) is 2.41. The lowest BCUT2D eigenvalue weighted by atomic mass is 9.94. The molecule has 10 nitrogen and oxygen atoms in total. The Kier molecular flexibility index (Phi) is 9.15. The Hall–Kier alpha value is -3.14. The van der Waals surface area contributed by atoms with Crippen molar-refractivity contribution in [2.24, 2.45) is 11.8 Å². The number of ether oxygens (including phenoxy) is 3. The highest BCUT2D eigenvalue weighted by Crippen LogP contribution is 2.39. The lowest BCUT2D eigenvalue weighted by molar-refractivity contribution is -0.152. The SMILES string of the molecule is CCOC(=O)C1CCN(C(=O)[C@@H]2COC3(CCN(C(=O)CC(C)C)CC3)N2C(=O)c2ccc(OC)cc2)CC1. The van der Waals surface area contributed by atoms with E-state index in [0.29, 0.717) is 76.2 Å². The zero-order valence-electron chi connectivity index (χ0n) is 23.5. The first-order valence-electron chi connectivity index (χ1n) is 14.0. The number of carbonyl (C=O) groups excluding carboxylic acids is 4. The molecule has 1 atom stereocenters. The van der Waals surface area contributed by atoms with Crippen LogP contribution in [0.4, 0.5) is 0 Å². The number of rotatable bonds is 7. The standard InChI is InChI=1S/C29H41N3O7/c1-5-38-28(36)22-10-14-31(15-11-22)27(35)24-19-39-29(12-16-30(17-13-29)25(33)18-20(2)3)32(24)26(34)21-6-8-23(37-4)9-7-21/h6-9,20,22,24H,5,10-19H2,1-4H3/t24-/m0/s1. The maximum Gasteiger partial charge on any atom is 0.309 e. The number of hydrogen-bond acceptors (Lipinski definition) is 7. The van der Waals surface area contributed by atoms with E-state index in [-0.39, 0.29) is 42.1 Å². The van der Waals surface area contributed by atoms with Crippen LogP contribution in [0, 0.1) is 11.8 Å². The van der Waals surface area contributed by atoms with Gasteiger partial charge in [0, 0.05) is 51.0 Å². The molecule has 4 rings (SSSR count). The Labute approximate surface area is 230 Å². The van der Waals surface area contributed by atoms with Crippen LogP contribution in [0.5, 0.6) is 5.75 Å². The Balaban J connectivity index is 1.53. The highest BCUT2D eigenvalue weighted by Gasteiger charge is 2.55. The smallest absolute Gasteiger partial charge is 0.309 e. The molecule has 0 radical (unpaired) electrons. The molecule has 3 heterocycles. The van der Waals surface area contributed by atoms with Gasteiger partial charge in [-0.05, 0) is 49.9 Å². The first-order valence-corrected chi connectivity index (χ1v) is 14.0. The van der Waals surface area contributed by atoms with Crippen LogP contribution in [0.25, 0.3) is 0 Å². The summed E-state index contributed by atoms with van der Waals surface area (Å²) in [5, 5.41) is 0. The van der Waals surface area contributed by atoms with Crippen molar-refractivity contribution in [2.45, 2.75) is 64.6 Å². The van der Waals surface area contributed by atoms with Crippen LogP contribution < -0.4 is 4.74 Å². The van der Waals surface area contributed by atoms with Gasteiger partial charge in [0.1, 0.15) is 17.5 Å². The second-order valence-electron chi connectivity index (χ2n) is 11.0. The van der Waals surface area contributed by atoms with Crippen LogP contribution in [-0.2, 0) is 23.9 Å². The molecule has 3 aliphatic heterocycles. The van der Waals surface area contributed by atoms with Gasteiger partial charge in [0.05, 0.1) is 26.2 Å². The van der Waals surface area contributed by atoms with Gasteiger partial charge in [0.2, 0.25) is 11.8 Å². The van der Waals surface area contributed by atoms with Crippen LogP contribution in [0.3, 0.4) is 0 Å². The maximum absolute atomic E-state index is 14.0. The maximum atomic E-state index is 14.0. The minimum atomic E-state index is -0.963. The summed E-state index contributed by atoms with van der Waals surface area (Å²) in [4.78, 5) is 57.9. The number of nitrogens with zero attached hydrogens (tertiary/aromatic N) is 3. The van der Waals surface area contributed by atoms with Gasteiger partial charge in [-0.25, -0.2) is 0 Å². The zero-order chi connectivity index (χ0) is 28.2. The molecule has 214 valence electrons. The summed E-state index contributed by atoms with van der Waals surface area (Å²) in [6, 6.07) is 6.06. The zero-order valence-corrected chi connectivity index (χ0v) is 23.5. The average molecular weight is 544 g/mol. The van der Waals surface area contributed by atoms with Gasteiger partial charge < -0.3 is 24.0 Å². The largest absolute Gasteiger partial charge is 0.497 e. The topological polar surface area (TPSA) is 106 Å². The fraction of sp³-hybridized carbons (Fsp3) is 0.655. The van der Waals surface area contributed by atoms with Crippen LogP contribution in [0.15, 0.2) is 24.3 Å². The van der Waals surface area contributed by atoms with E-state index < -0.39 is 11.8 Å². The minimum absolute atomic E-state index is 0.0957. The fourth-order valence-electron chi connectivity index (χ4n) is 5.82. The summed E-state index contributed by atoms with van der Waals surface area (Å²) in [6.45, 7) is 8.02. The first kappa shape index (κ1) is 28.9. The molecule has 3 fully saturated rings. The van der Waals surface area contributed by atoms with Gasteiger partial charge >= 0.3 is 5.97 Å². The normalized spacial score (nSPS) is 21.4. The lowest BCUT2D eigenvalue weighted by Crippen LogP contribution is -2.60. The molecule has 0 aromatic heterocycles. The molecule has 1 aromatic carbocycles. The third kappa shape index (κ3) is 6.21. The highest BCUT2D eigenvalue weighted by atomic mass is 16.5. The first-order chi connectivity index (χ1) is 18.7. The lowest BCUT2D eigenvalue weighted by Gasteiger charge is -2.45. The summed E-state index contributed by atoms with van der Waals surface area (Å²) in [5.74, 6) is 0.106. The second-order valence-corrected chi connectivity index (χ2v) is 11.0. The molecule has 0 unspecified atom stereocenters. The number of methoxy groups -OCH3 is 1. The number of hydrogen-bond donors (Lipinski definition) is 0. The Morgan fingerprint density at radius 2 is 1.64 bits per heavy atom. The van der Waals surface area contributed by atoms with Gasteiger partial charge in [-0.3, -0.25) is 24.1 Å². The highest BCUT2D eigenvalue weighted by molar-refractivity contribution is 5.98. The van der Waals surface area contributed by atoms with Crippen LogP contribution in [0.2, 0.25) is 0 Å². The molecule has 1 spiro atoms. The number of benzene rings is 1. The van der Waals surface area contributed by atoms with Crippen molar-refractivity contribution in [3.63, 3.8) is 0 Å². The van der Waals surface area contributed by atoms with Crippen LogP contribution in [0.1, 0.15) is 63.2 Å². The van der Waals surface area contributed by atoms with Crippen molar-refractivity contribution < 1.29 is 33.4 Å². The summed E-state index contributed by atoms with van der Waals surface area (Å²) in [7, 11) is 1.56. The number of likely N-dealkylation sites (tertiary alicyclic amines) is 2. The van der Waals surface area contributed by atoms with Gasteiger partial charge in [0.25, 0.3) is 5.91 Å². The Bertz CT molecular complexity index is 1040. The fourth-order valence-corrected chi connectivity index (χ4v) is 5.82. The van der Waals surface area contributed by atoms with Crippen molar-refractivity contribution in [1.29, 1.82) is 0 Å². The molecule has 0 bridgehead atoms. The van der Waals surface area contributed by atoms with E-state index in [2.05, 4.69) is 0 Å². The van der Waals surface area contributed by atoms with E-state index in [1.165, 1.54) is 0 Å². The molecular weight excluding hydrogens is 502 g/mol. The van der Waals surface area contributed by atoms with Gasteiger partial charge in [-0.15, -0.1) is 0 Å². The number of esters is 1. The van der Waals surface area contributed by atoms with Gasteiger partial charge in [0.15, 0.2) is 0 Å². The molecule has 0 saturated carbocycles. The summed E-state index contributed by atoms with van der Waals surface area (Å²) >= 11 is 0. The predicted molar refractivity (Wildman–Crippen MR) is 143 cm³/mol. The Morgan fingerprint density at radius 1 is 1.00 bits per heavy atom. The number of amides is 3. The molecule has 3 saturated heterocycles. The molecular formula is C29H41N3O7. The Morgan fingerprint density at radius 3 is 2.21 bits per heavy atom. The molecule has 10 heteroatoms. The van der Waals surface area contributed by atoms with E-state index in [0.717, 1.165) is 0 Å². The molecule has 3 amide bonds. The molecule has 3 aliphatic rings. The molecule has 0 aliphatic carbocycles. The van der Waals surface area contributed by atoms with E-state index in [4.69, 9.17) is 14.2 Å². The third-order valence-electron chi connectivity index (χ3n) is 8.01. The van der Waals surface area contributed by atoms with Gasteiger partial charge in [-0.2, -0.15) is 0 Å². The van der Waals surface area contributed by atoms with E-state index in [9.17, 15) is 19.2 Å². The predicted octanol–water partition coefficient (Wildman–Crippen LogP) is 2.70. The number of carbonyl (C=O) groups is 4.